The minimum absolute atomic E-state index is 0.171. The van der Waals surface area contributed by atoms with Crippen LogP contribution in [-0.4, -0.2) is 26.8 Å². The van der Waals surface area contributed by atoms with Crippen LogP contribution in [0.3, 0.4) is 0 Å². The van der Waals surface area contributed by atoms with E-state index in [9.17, 15) is 8.42 Å². The summed E-state index contributed by atoms with van der Waals surface area (Å²) in [7, 11) is -0.414. The van der Waals surface area contributed by atoms with Crippen molar-refractivity contribution in [1.29, 1.82) is 0 Å². The highest BCUT2D eigenvalue weighted by Crippen LogP contribution is 2.12. The predicted molar refractivity (Wildman–Crippen MR) is 67.0 cm³/mol. The van der Waals surface area contributed by atoms with Crippen LogP contribution in [0.1, 0.15) is 20.8 Å². The van der Waals surface area contributed by atoms with E-state index in [1.165, 1.54) is 26.2 Å². The zero-order chi connectivity index (χ0) is 12.6. The van der Waals surface area contributed by atoms with Crippen molar-refractivity contribution >= 4 is 10.0 Å². The number of sulfonamides is 1. The predicted octanol–water partition coefficient (Wildman–Crippen LogP) is 2.55. The van der Waals surface area contributed by atoms with Gasteiger partial charge in [-0.3, -0.25) is 0 Å². The van der Waals surface area contributed by atoms with E-state index in [4.69, 9.17) is 0 Å². The van der Waals surface area contributed by atoms with Gasteiger partial charge in [-0.2, -0.15) is 0 Å². The average molecular weight is 231 g/mol. The first-order valence-corrected chi connectivity index (χ1v) is 6.18. The smallest absolute Gasteiger partial charge is 0.207 e. The largest absolute Gasteiger partial charge is 0.242 e. The standard InChI is InChI=1S/C9H15NO2S.C2H6/c1-6-9(7-8(2)3)13(11,12)10(4)5;1-2/h6-7H,1-2H2,3-5H3;1-2H3/b9-7+;. The molecule has 0 atom stereocenters. The normalized spacial score (nSPS) is 11.7. The van der Waals surface area contributed by atoms with E-state index in [-0.39, 0.29) is 4.91 Å². The molecular weight excluding hydrogens is 210 g/mol. The summed E-state index contributed by atoms with van der Waals surface area (Å²) in [6.45, 7) is 12.8. The topological polar surface area (TPSA) is 37.4 Å². The van der Waals surface area contributed by atoms with Gasteiger partial charge in [0.05, 0.1) is 4.91 Å². The molecule has 0 bridgehead atoms. The lowest BCUT2D eigenvalue weighted by Crippen LogP contribution is -2.23. The zero-order valence-electron chi connectivity index (χ0n) is 10.2. The second kappa shape index (κ2) is 7.43. The molecule has 3 nitrogen and oxygen atoms in total. The molecule has 4 heteroatoms. The Bertz CT molecular complexity index is 338. The molecule has 0 aliphatic rings. The summed E-state index contributed by atoms with van der Waals surface area (Å²) in [6, 6.07) is 0. The molecule has 0 aliphatic heterocycles. The van der Waals surface area contributed by atoms with Gasteiger partial charge >= 0.3 is 0 Å². The molecule has 0 aromatic rings. The van der Waals surface area contributed by atoms with Crippen molar-refractivity contribution < 1.29 is 8.42 Å². The highest BCUT2D eigenvalue weighted by atomic mass is 32.2. The fraction of sp³-hybridized carbons (Fsp3) is 0.455. The van der Waals surface area contributed by atoms with Crippen LogP contribution < -0.4 is 0 Å². The van der Waals surface area contributed by atoms with Crippen LogP contribution in [0.5, 0.6) is 0 Å². The van der Waals surface area contributed by atoms with Crippen molar-refractivity contribution in [3.8, 4) is 0 Å². The summed E-state index contributed by atoms with van der Waals surface area (Å²) >= 11 is 0. The van der Waals surface area contributed by atoms with Crippen molar-refractivity contribution in [1.82, 2.24) is 4.31 Å². The molecule has 0 unspecified atom stereocenters. The molecule has 0 radical (unpaired) electrons. The molecule has 0 saturated heterocycles. The van der Waals surface area contributed by atoms with Gasteiger partial charge in [-0.25, -0.2) is 12.7 Å². The number of nitrogens with zero attached hydrogens (tertiary/aromatic N) is 1. The van der Waals surface area contributed by atoms with Crippen LogP contribution in [0.2, 0.25) is 0 Å². The Hall–Kier alpha value is -0.870. The van der Waals surface area contributed by atoms with Crippen LogP contribution in [0.15, 0.2) is 35.8 Å². The Morgan fingerprint density at radius 1 is 1.27 bits per heavy atom. The lowest BCUT2D eigenvalue weighted by molar-refractivity contribution is 0.529. The monoisotopic (exact) mass is 231 g/mol. The molecule has 0 saturated carbocycles. The van der Waals surface area contributed by atoms with Crippen LogP contribution in [-0.2, 0) is 10.0 Å². The molecule has 0 aromatic carbocycles. The summed E-state index contributed by atoms with van der Waals surface area (Å²) in [5, 5.41) is 0. The van der Waals surface area contributed by atoms with Gasteiger partial charge in [0, 0.05) is 14.1 Å². The number of allylic oxidation sites excluding steroid dienone is 3. The van der Waals surface area contributed by atoms with Crippen LogP contribution in [0.25, 0.3) is 0 Å². The summed E-state index contributed by atoms with van der Waals surface area (Å²) in [4.78, 5) is 0.171. The van der Waals surface area contributed by atoms with Crippen LogP contribution >= 0.6 is 0 Å². The maximum Gasteiger partial charge on any atom is 0.242 e. The highest BCUT2D eigenvalue weighted by molar-refractivity contribution is 7.93. The van der Waals surface area contributed by atoms with Gasteiger partial charge in [0.1, 0.15) is 0 Å². The van der Waals surface area contributed by atoms with Gasteiger partial charge in [-0.15, -0.1) is 0 Å². The van der Waals surface area contributed by atoms with Gasteiger partial charge in [0.25, 0.3) is 0 Å². The quantitative estimate of drug-likeness (QED) is 0.697. The third kappa shape index (κ3) is 5.54. The van der Waals surface area contributed by atoms with Crippen molar-refractivity contribution in [2.75, 3.05) is 14.1 Å². The van der Waals surface area contributed by atoms with Gasteiger partial charge in [-0.1, -0.05) is 32.6 Å². The molecule has 0 aliphatic carbocycles. The lowest BCUT2D eigenvalue weighted by Gasteiger charge is -2.11. The Balaban J connectivity index is 0. The molecule has 0 rings (SSSR count). The Kier molecular flexibility index (Phi) is 8.20. The fourth-order valence-corrected chi connectivity index (χ4v) is 1.67. The highest BCUT2D eigenvalue weighted by Gasteiger charge is 2.17. The molecule has 88 valence electrons. The Morgan fingerprint density at radius 2 is 1.67 bits per heavy atom. The van der Waals surface area contributed by atoms with E-state index >= 15 is 0 Å². The van der Waals surface area contributed by atoms with Gasteiger partial charge in [0.15, 0.2) is 0 Å². The summed E-state index contributed by atoms with van der Waals surface area (Å²) in [5.41, 5.74) is 0.681. The summed E-state index contributed by atoms with van der Waals surface area (Å²) in [6.07, 6.45) is 2.80. The summed E-state index contributed by atoms with van der Waals surface area (Å²) in [5.74, 6) is 0. The molecule has 0 spiro atoms. The minimum atomic E-state index is -3.37. The zero-order valence-corrected chi connectivity index (χ0v) is 11.1. The van der Waals surface area contributed by atoms with Crippen molar-refractivity contribution in [2.24, 2.45) is 0 Å². The molecule has 0 aromatic heterocycles. The van der Waals surface area contributed by atoms with Crippen molar-refractivity contribution in [2.45, 2.75) is 20.8 Å². The second-order valence-electron chi connectivity index (χ2n) is 2.88. The number of hydrogen-bond donors (Lipinski definition) is 0. The molecule has 0 N–H and O–H groups in total. The van der Waals surface area contributed by atoms with Gasteiger partial charge < -0.3 is 0 Å². The SMILES string of the molecule is C=C/C(=C\C(=C)C)S(=O)(=O)N(C)C.CC. The first-order chi connectivity index (χ1) is 6.82. The first-order valence-electron chi connectivity index (χ1n) is 4.74. The van der Waals surface area contributed by atoms with E-state index in [0.717, 1.165) is 4.31 Å². The fourth-order valence-electron chi connectivity index (χ4n) is 0.692. The van der Waals surface area contributed by atoms with Gasteiger partial charge in [-0.05, 0) is 19.1 Å². The molecule has 0 heterocycles. The molecule has 15 heavy (non-hydrogen) atoms. The van der Waals surface area contributed by atoms with Crippen molar-refractivity contribution in [3.63, 3.8) is 0 Å². The van der Waals surface area contributed by atoms with E-state index < -0.39 is 10.0 Å². The third-order valence-electron chi connectivity index (χ3n) is 1.37. The minimum Gasteiger partial charge on any atom is -0.207 e. The number of rotatable bonds is 4. The summed E-state index contributed by atoms with van der Waals surface area (Å²) < 4.78 is 24.2. The molecule has 0 amide bonds. The first kappa shape index (κ1) is 16.6. The van der Waals surface area contributed by atoms with E-state index in [2.05, 4.69) is 13.2 Å². The van der Waals surface area contributed by atoms with Crippen LogP contribution in [0.4, 0.5) is 0 Å². The van der Waals surface area contributed by atoms with Crippen molar-refractivity contribution in [3.05, 3.63) is 35.8 Å². The third-order valence-corrected chi connectivity index (χ3v) is 3.21. The van der Waals surface area contributed by atoms with E-state index in [0.29, 0.717) is 5.57 Å². The Labute approximate surface area is 93.8 Å². The lowest BCUT2D eigenvalue weighted by atomic mass is 10.3. The number of hydrogen-bond acceptors (Lipinski definition) is 2. The van der Waals surface area contributed by atoms with Gasteiger partial charge in [0.2, 0.25) is 10.0 Å². The molecular formula is C11H21NO2S. The van der Waals surface area contributed by atoms with E-state index in [1.54, 1.807) is 6.92 Å². The maximum absolute atomic E-state index is 11.5. The maximum atomic E-state index is 11.5. The van der Waals surface area contributed by atoms with E-state index in [1.807, 2.05) is 13.8 Å². The Morgan fingerprint density at radius 3 is 1.87 bits per heavy atom. The van der Waals surface area contributed by atoms with Crippen LogP contribution in [0, 0.1) is 0 Å². The average Bonchev–Trinajstić information content (AvgIpc) is 2.16. The second-order valence-corrected chi connectivity index (χ2v) is 5.04. The molecule has 0 fully saturated rings.